The monoisotopic (exact) mass is 486 g/mol. The van der Waals surface area contributed by atoms with Gasteiger partial charge in [-0.15, -0.1) is 0 Å². The van der Waals surface area contributed by atoms with Crippen molar-refractivity contribution in [2.75, 3.05) is 20.2 Å². The number of halogens is 2. The molecule has 33 heavy (non-hydrogen) atoms. The summed E-state index contributed by atoms with van der Waals surface area (Å²) in [5.74, 6) is -1.60. The van der Waals surface area contributed by atoms with Gasteiger partial charge >= 0.3 is 12.6 Å². The molecule has 2 aromatic rings. The second-order valence-corrected chi connectivity index (χ2v) is 8.92. The molecule has 0 bridgehead atoms. The molecule has 178 valence electrons. The number of benzene rings is 2. The number of nitrogens with zero attached hydrogens (tertiary/aromatic N) is 2. The fraction of sp³-hybridized carbons (Fsp3) is 0.350. The summed E-state index contributed by atoms with van der Waals surface area (Å²) in [5.41, 5.74) is -0.686. The van der Waals surface area contributed by atoms with Crippen molar-refractivity contribution >= 4 is 21.7 Å². The number of sulfonamides is 1. The maximum Gasteiger partial charge on any atom is 0.387 e. The number of esters is 1. The van der Waals surface area contributed by atoms with Gasteiger partial charge in [-0.1, -0.05) is 0 Å². The Kier molecular flexibility index (Phi) is 7.43. The molecule has 0 saturated carbocycles. The number of hydrogen-bond acceptors (Lipinski definition) is 8. The molecule has 0 atom stereocenters. The molecular formula is C20H20F2N2O8S. The minimum atomic E-state index is -3.64. The molecule has 0 radical (unpaired) electrons. The first-order valence-corrected chi connectivity index (χ1v) is 11.1. The maximum atomic E-state index is 12.6. The van der Waals surface area contributed by atoms with Crippen molar-refractivity contribution in [2.24, 2.45) is 0 Å². The third-order valence-corrected chi connectivity index (χ3v) is 6.84. The Balaban J connectivity index is 1.75. The second-order valence-electron chi connectivity index (χ2n) is 6.98. The molecular weight excluding hydrogens is 466 g/mol. The molecule has 0 unspecified atom stereocenters. The first-order chi connectivity index (χ1) is 15.6. The lowest BCUT2D eigenvalue weighted by atomic mass is 10.1. The van der Waals surface area contributed by atoms with Gasteiger partial charge in [0.1, 0.15) is 6.61 Å². The van der Waals surface area contributed by atoms with Crippen molar-refractivity contribution in [1.29, 1.82) is 0 Å². The zero-order valence-corrected chi connectivity index (χ0v) is 18.2. The van der Waals surface area contributed by atoms with Crippen LogP contribution in [0.4, 0.5) is 14.5 Å². The number of alkyl halides is 2. The summed E-state index contributed by atoms with van der Waals surface area (Å²) in [4.78, 5) is 22.9. The SMILES string of the molecule is COc1cc(COC(=O)c2ccc(S(=O)(=O)N3CCCC3)cc2)c([N+](=O)[O-])cc1OC(F)F. The van der Waals surface area contributed by atoms with Gasteiger partial charge in [-0.3, -0.25) is 10.1 Å². The van der Waals surface area contributed by atoms with E-state index in [1.54, 1.807) is 0 Å². The molecule has 3 rings (SSSR count). The summed E-state index contributed by atoms with van der Waals surface area (Å²) < 4.78 is 65.8. The number of methoxy groups -OCH3 is 1. The normalized spacial score (nSPS) is 14.3. The maximum absolute atomic E-state index is 12.6. The van der Waals surface area contributed by atoms with Gasteiger partial charge in [-0.2, -0.15) is 13.1 Å². The van der Waals surface area contributed by atoms with Gasteiger partial charge in [0.2, 0.25) is 10.0 Å². The van der Waals surface area contributed by atoms with Gasteiger partial charge in [-0.25, -0.2) is 13.2 Å². The van der Waals surface area contributed by atoms with Crippen LogP contribution in [0.3, 0.4) is 0 Å². The summed E-state index contributed by atoms with van der Waals surface area (Å²) in [7, 11) is -2.49. The molecule has 1 aliphatic rings. The summed E-state index contributed by atoms with van der Waals surface area (Å²) in [6.07, 6.45) is 1.58. The quantitative estimate of drug-likeness (QED) is 0.300. The molecule has 13 heteroatoms. The number of hydrogen-bond donors (Lipinski definition) is 0. The van der Waals surface area contributed by atoms with E-state index in [9.17, 15) is 32.1 Å². The average molecular weight is 486 g/mol. The van der Waals surface area contributed by atoms with Crippen molar-refractivity contribution in [2.45, 2.75) is 31.0 Å². The number of nitro benzene ring substituents is 1. The molecule has 0 aliphatic carbocycles. The Labute approximate surface area is 187 Å². The molecule has 2 aromatic carbocycles. The van der Waals surface area contributed by atoms with Crippen LogP contribution in [-0.4, -0.2) is 50.4 Å². The lowest BCUT2D eigenvalue weighted by molar-refractivity contribution is -0.386. The van der Waals surface area contributed by atoms with Gasteiger partial charge in [0.15, 0.2) is 11.5 Å². The summed E-state index contributed by atoms with van der Waals surface area (Å²) in [6.45, 7) is -2.90. The highest BCUT2D eigenvalue weighted by Gasteiger charge is 2.27. The first kappa shape index (κ1) is 24.3. The smallest absolute Gasteiger partial charge is 0.387 e. The highest BCUT2D eigenvalue weighted by atomic mass is 32.2. The first-order valence-electron chi connectivity index (χ1n) is 9.71. The summed E-state index contributed by atoms with van der Waals surface area (Å²) in [6, 6.07) is 6.94. The van der Waals surface area contributed by atoms with E-state index in [1.807, 2.05) is 0 Å². The average Bonchev–Trinajstić information content (AvgIpc) is 3.33. The van der Waals surface area contributed by atoms with Crippen LogP contribution in [0, 0.1) is 10.1 Å². The van der Waals surface area contributed by atoms with Gasteiger partial charge in [0.05, 0.1) is 34.1 Å². The molecule has 1 heterocycles. The molecule has 1 aliphatic heterocycles. The molecule has 1 fully saturated rings. The highest BCUT2D eigenvalue weighted by Crippen LogP contribution is 2.36. The van der Waals surface area contributed by atoms with E-state index in [-0.39, 0.29) is 21.8 Å². The molecule has 10 nitrogen and oxygen atoms in total. The topological polar surface area (TPSA) is 125 Å². The van der Waals surface area contributed by atoms with Crippen molar-refractivity contribution < 1.29 is 41.1 Å². The number of rotatable bonds is 9. The predicted molar refractivity (Wildman–Crippen MR) is 110 cm³/mol. The summed E-state index contributed by atoms with van der Waals surface area (Å²) in [5, 5.41) is 11.3. The Morgan fingerprint density at radius 1 is 1.15 bits per heavy atom. The molecule has 1 saturated heterocycles. The van der Waals surface area contributed by atoms with Gasteiger partial charge in [0, 0.05) is 13.1 Å². The molecule has 0 aromatic heterocycles. The number of carbonyl (C=O) groups excluding carboxylic acids is 1. The van der Waals surface area contributed by atoms with Crippen molar-refractivity contribution in [3.8, 4) is 11.5 Å². The minimum Gasteiger partial charge on any atom is -0.493 e. The van der Waals surface area contributed by atoms with E-state index in [1.165, 1.54) is 28.6 Å². The highest BCUT2D eigenvalue weighted by molar-refractivity contribution is 7.89. The van der Waals surface area contributed by atoms with Crippen molar-refractivity contribution in [3.05, 3.63) is 57.6 Å². The molecule has 0 spiro atoms. The largest absolute Gasteiger partial charge is 0.493 e. The fourth-order valence-electron chi connectivity index (χ4n) is 3.29. The van der Waals surface area contributed by atoms with Gasteiger partial charge in [-0.05, 0) is 43.2 Å². The Bertz CT molecular complexity index is 1130. The Hall–Kier alpha value is -3.32. The van der Waals surface area contributed by atoms with E-state index in [0.29, 0.717) is 13.1 Å². The zero-order valence-electron chi connectivity index (χ0n) is 17.4. The van der Waals surface area contributed by atoms with Crippen molar-refractivity contribution in [1.82, 2.24) is 4.31 Å². The van der Waals surface area contributed by atoms with Crippen LogP contribution in [0.25, 0.3) is 0 Å². The van der Waals surface area contributed by atoms with Crippen LogP contribution in [-0.2, 0) is 21.4 Å². The van der Waals surface area contributed by atoms with Gasteiger partial charge in [0.25, 0.3) is 5.69 Å². The van der Waals surface area contributed by atoms with Crippen LogP contribution in [0.15, 0.2) is 41.3 Å². The molecule has 0 amide bonds. The van der Waals surface area contributed by atoms with E-state index in [2.05, 4.69) is 4.74 Å². The Morgan fingerprint density at radius 3 is 2.33 bits per heavy atom. The third kappa shape index (κ3) is 5.54. The lowest BCUT2D eigenvalue weighted by Gasteiger charge is -2.15. The number of carbonyl (C=O) groups is 1. The van der Waals surface area contributed by atoms with E-state index >= 15 is 0 Å². The fourth-order valence-corrected chi connectivity index (χ4v) is 4.81. The number of nitro groups is 1. The van der Waals surface area contributed by atoms with Crippen LogP contribution in [0.1, 0.15) is 28.8 Å². The standard InChI is InChI=1S/C20H20F2N2O8S/c1-30-17-10-14(16(24(26)27)11-18(17)32-20(21)22)12-31-19(25)13-4-6-15(7-5-13)33(28,29)23-8-2-3-9-23/h4-7,10-11,20H,2-3,8-9,12H2,1H3. The van der Waals surface area contributed by atoms with Crippen LogP contribution < -0.4 is 9.47 Å². The minimum absolute atomic E-state index is 0.0302. The van der Waals surface area contributed by atoms with Crippen molar-refractivity contribution in [3.63, 3.8) is 0 Å². The van der Waals surface area contributed by atoms with Crippen LogP contribution in [0.5, 0.6) is 11.5 Å². The third-order valence-electron chi connectivity index (χ3n) is 4.93. The van der Waals surface area contributed by atoms with Crippen LogP contribution >= 0.6 is 0 Å². The molecule has 0 N–H and O–H groups in total. The lowest BCUT2D eigenvalue weighted by Crippen LogP contribution is -2.27. The predicted octanol–water partition coefficient (Wildman–Crippen LogP) is 3.35. The van der Waals surface area contributed by atoms with E-state index < -0.39 is 45.6 Å². The van der Waals surface area contributed by atoms with Gasteiger partial charge < -0.3 is 14.2 Å². The summed E-state index contributed by atoms with van der Waals surface area (Å²) >= 11 is 0. The van der Waals surface area contributed by atoms with E-state index in [4.69, 9.17) is 9.47 Å². The Morgan fingerprint density at radius 2 is 1.79 bits per heavy atom. The van der Waals surface area contributed by atoms with E-state index in [0.717, 1.165) is 32.1 Å². The van der Waals surface area contributed by atoms with Crippen LogP contribution in [0.2, 0.25) is 0 Å². The zero-order chi connectivity index (χ0) is 24.2. The number of ether oxygens (including phenoxy) is 3. The second kappa shape index (κ2) is 10.1.